The lowest BCUT2D eigenvalue weighted by Crippen LogP contribution is -2.39. The Hall–Kier alpha value is -2.39. The first-order chi connectivity index (χ1) is 15.9. The Balaban J connectivity index is 1.19. The molecule has 0 radical (unpaired) electrons. The number of pyridine rings is 1. The van der Waals surface area contributed by atoms with Crippen molar-refractivity contribution in [3.05, 3.63) is 35.5 Å². The number of piperidine rings is 1. The summed E-state index contributed by atoms with van der Waals surface area (Å²) in [6, 6.07) is 2.19. The van der Waals surface area contributed by atoms with Gasteiger partial charge in [0.05, 0.1) is 11.9 Å². The smallest absolute Gasteiger partial charge is 0.266 e. The molecule has 3 aliphatic heterocycles. The van der Waals surface area contributed by atoms with E-state index in [1.807, 2.05) is 10.5 Å². The van der Waals surface area contributed by atoms with E-state index in [0.717, 1.165) is 81.4 Å². The molecule has 0 spiro atoms. The van der Waals surface area contributed by atoms with Crippen molar-refractivity contribution in [2.75, 3.05) is 37.3 Å². The van der Waals surface area contributed by atoms with Crippen molar-refractivity contribution in [3.63, 3.8) is 0 Å². The lowest BCUT2D eigenvalue weighted by Gasteiger charge is -2.33. The second-order valence-electron chi connectivity index (χ2n) is 9.43. The molecule has 0 aliphatic carbocycles. The number of hydrogen-bond donors (Lipinski definition) is 0. The van der Waals surface area contributed by atoms with Gasteiger partial charge in [0, 0.05) is 60.5 Å². The summed E-state index contributed by atoms with van der Waals surface area (Å²) in [6.45, 7) is 5.37. The van der Waals surface area contributed by atoms with Gasteiger partial charge < -0.3 is 14.2 Å². The van der Waals surface area contributed by atoms with Gasteiger partial charge in [-0.1, -0.05) is 13.0 Å². The summed E-state index contributed by atoms with van der Waals surface area (Å²) in [7, 11) is -2.15. The molecule has 3 aliphatic rings. The standard InChI is InChI=1S/C24H33N5O3S/c1-4-5-23-26-24(27-32-23)28-10-6-18(7-11-28)21-15-19-14-20(25-16-22(19)31-21)17-8-12-29(13-9-17)33(2,3)30/h8,14,16,18,21H,2,4-7,9-13,15H2,1,3H3. The number of ether oxygens (including phenoxy) is 1. The molecule has 2 aromatic rings. The lowest BCUT2D eigenvalue weighted by molar-refractivity contribution is 0.138. The van der Waals surface area contributed by atoms with Gasteiger partial charge in [-0.2, -0.15) is 4.98 Å². The van der Waals surface area contributed by atoms with Gasteiger partial charge in [-0.15, -0.1) is 0 Å². The Morgan fingerprint density at radius 3 is 2.79 bits per heavy atom. The maximum absolute atomic E-state index is 12.2. The molecule has 0 bridgehead atoms. The number of anilines is 1. The van der Waals surface area contributed by atoms with Gasteiger partial charge in [0.15, 0.2) is 0 Å². The molecule has 0 saturated carbocycles. The Morgan fingerprint density at radius 2 is 2.09 bits per heavy atom. The molecule has 0 amide bonds. The van der Waals surface area contributed by atoms with Crippen molar-refractivity contribution in [2.24, 2.45) is 5.92 Å². The van der Waals surface area contributed by atoms with Gasteiger partial charge >= 0.3 is 0 Å². The van der Waals surface area contributed by atoms with Crippen molar-refractivity contribution in [1.29, 1.82) is 0 Å². The van der Waals surface area contributed by atoms with Crippen LogP contribution < -0.4 is 9.64 Å². The van der Waals surface area contributed by atoms with Crippen LogP contribution in [0.15, 0.2) is 22.9 Å². The minimum Gasteiger partial charge on any atom is -0.488 e. The number of aryl methyl sites for hydroxylation is 1. The van der Waals surface area contributed by atoms with E-state index in [0.29, 0.717) is 12.5 Å². The third-order valence-electron chi connectivity index (χ3n) is 6.96. The second-order valence-corrected chi connectivity index (χ2v) is 11.9. The highest BCUT2D eigenvalue weighted by atomic mass is 32.2. The second kappa shape index (κ2) is 9.10. The van der Waals surface area contributed by atoms with Gasteiger partial charge in [0.25, 0.3) is 5.95 Å². The first kappa shape index (κ1) is 22.4. The zero-order valence-electron chi connectivity index (χ0n) is 19.5. The first-order valence-electron chi connectivity index (χ1n) is 11.9. The third-order valence-corrected chi connectivity index (χ3v) is 8.39. The summed E-state index contributed by atoms with van der Waals surface area (Å²) in [5.74, 6) is 6.67. The summed E-state index contributed by atoms with van der Waals surface area (Å²) >= 11 is 0. The quantitative estimate of drug-likeness (QED) is 0.599. The van der Waals surface area contributed by atoms with Gasteiger partial charge in [-0.3, -0.25) is 9.19 Å². The molecule has 5 rings (SSSR count). The van der Waals surface area contributed by atoms with E-state index in [1.54, 1.807) is 6.26 Å². The van der Waals surface area contributed by atoms with Crippen LogP contribution in [-0.2, 0) is 22.5 Å². The van der Waals surface area contributed by atoms with E-state index in [2.05, 4.69) is 45.0 Å². The molecule has 33 heavy (non-hydrogen) atoms. The van der Waals surface area contributed by atoms with E-state index < -0.39 is 9.71 Å². The third kappa shape index (κ3) is 4.80. The van der Waals surface area contributed by atoms with E-state index in [1.165, 1.54) is 11.1 Å². The molecule has 2 aromatic heterocycles. The van der Waals surface area contributed by atoms with Gasteiger partial charge in [-0.05, 0) is 54.3 Å². The Bertz CT molecular complexity index is 1130. The van der Waals surface area contributed by atoms with Crippen LogP contribution in [0.3, 0.4) is 0 Å². The van der Waals surface area contributed by atoms with Crippen molar-refractivity contribution in [1.82, 2.24) is 19.4 Å². The van der Waals surface area contributed by atoms with E-state index >= 15 is 0 Å². The molecule has 1 fully saturated rings. The number of fused-ring (bicyclic) bond motifs is 1. The Morgan fingerprint density at radius 1 is 1.27 bits per heavy atom. The average Bonchev–Trinajstić information content (AvgIpc) is 3.46. The highest BCUT2D eigenvalue weighted by molar-refractivity contribution is 7.97. The summed E-state index contributed by atoms with van der Waals surface area (Å²) in [6.07, 6.45) is 11.6. The zero-order valence-corrected chi connectivity index (χ0v) is 20.4. The largest absolute Gasteiger partial charge is 0.488 e. The van der Waals surface area contributed by atoms with Crippen LogP contribution in [0, 0.1) is 5.92 Å². The van der Waals surface area contributed by atoms with Crippen LogP contribution in [0.1, 0.15) is 49.8 Å². The van der Waals surface area contributed by atoms with Crippen LogP contribution in [0.25, 0.3) is 5.57 Å². The molecule has 0 N–H and O–H groups in total. The van der Waals surface area contributed by atoms with Crippen molar-refractivity contribution >= 4 is 27.1 Å². The van der Waals surface area contributed by atoms with Crippen LogP contribution in [0.4, 0.5) is 5.95 Å². The van der Waals surface area contributed by atoms with Crippen molar-refractivity contribution in [3.8, 4) is 5.75 Å². The predicted octanol–water partition coefficient (Wildman–Crippen LogP) is 2.99. The summed E-state index contributed by atoms with van der Waals surface area (Å²) in [4.78, 5) is 11.4. The van der Waals surface area contributed by atoms with Crippen molar-refractivity contribution in [2.45, 2.75) is 51.6 Å². The number of hydrogen-bond acceptors (Lipinski definition) is 7. The monoisotopic (exact) mass is 471 g/mol. The average molecular weight is 472 g/mol. The summed E-state index contributed by atoms with van der Waals surface area (Å²) < 4.78 is 25.8. The number of rotatable bonds is 6. The van der Waals surface area contributed by atoms with Crippen molar-refractivity contribution < 1.29 is 13.5 Å². The van der Waals surface area contributed by atoms with Crippen LogP contribution >= 0.6 is 0 Å². The fourth-order valence-electron chi connectivity index (χ4n) is 5.01. The number of nitrogens with zero attached hydrogens (tertiary/aromatic N) is 5. The summed E-state index contributed by atoms with van der Waals surface area (Å²) in [5, 5.41) is 4.16. The minimum absolute atomic E-state index is 0.201. The van der Waals surface area contributed by atoms with E-state index in [4.69, 9.17) is 9.26 Å². The molecule has 2 unspecified atom stereocenters. The van der Waals surface area contributed by atoms with Crippen LogP contribution in [-0.4, -0.2) is 68.0 Å². The Labute approximate surface area is 196 Å². The highest BCUT2D eigenvalue weighted by Crippen LogP contribution is 2.37. The molecule has 9 heteroatoms. The molecule has 2 atom stereocenters. The number of aromatic nitrogens is 3. The molecular weight excluding hydrogens is 438 g/mol. The fourth-order valence-corrected chi connectivity index (χ4v) is 5.87. The van der Waals surface area contributed by atoms with Gasteiger partial charge in [0.2, 0.25) is 5.89 Å². The fraction of sp³-hybridized carbons (Fsp3) is 0.583. The molecular formula is C24H33N5O3S. The normalized spacial score (nSPS) is 23.6. The topological polar surface area (TPSA) is 84.6 Å². The van der Waals surface area contributed by atoms with Crippen LogP contribution in [0.2, 0.25) is 0 Å². The molecule has 0 aromatic carbocycles. The molecule has 5 heterocycles. The zero-order chi connectivity index (χ0) is 23.0. The van der Waals surface area contributed by atoms with Gasteiger partial charge in [0.1, 0.15) is 11.9 Å². The minimum atomic E-state index is -2.15. The first-order valence-corrected chi connectivity index (χ1v) is 14.0. The van der Waals surface area contributed by atoms with Gasteiger partial charge in [-0.25, -0.2) is 4.31 Å². The molecule has 178 valence electrons. The predicted molar refractivity (Wildman–Crippen MR) is 131 cm³/mol. The lowest BCUT2D eigenvalue weighted by atomic mass is 9.89. The highest BCUT2D eigenvalue weighted by Gasteiger charge is 2.34. The summed E-state index contributed by atoms with van der Waals surface area (Å²) in [5.41, 5.74) is 3.48. The molecule has 8 nitrogen and oxygen atoms in total. The van der Waals surface area contributed by atoms with E-state index in [-0.39, 0.29) is 6.10 Å². The van der Waals surface area contributed by atoms with Crippen LogP contribution in [0.5, 0.6) is 5.75 Å². The Kier molecular flexibility index (Phi) is 6.18. The van der Waals surface area contributed by atoms with E-state index in [9.17, 15) is 4.21 Å². The maximum atomic E-state index is 12.2. The molecule has 1 saturated heterocycles. The SMILES string of the molecule is C=S(C)(=O)N1CC=C(c2cc3c(cn2)OC(C2CCN(c4noc(CCC)n4)CC2)C3)CC1. The maximum Gasteiger partial charge on any atom is 0.266 e.